The number of nitrogens with zero attached hydrogens (tertiary/aromatic N) is 2. The van der Waals surface area contributed by atoms with Crippen LogP contribution in [0.1, 0.15) is 31.9 Å². The minimum absolute atomic E-state index is 0.130. The summed E-state index contributed by atoms with van der Waals surface area (Å²) in [5, 5.41) is 2.72. The van der Waals surface area contributed by atoms with Gasteiger partial charge in [-0.3, -0.25) is 14.6 Å². The molecule has 1 aromatic rings. The first-order valence-electron chi connectivity index (χ1n) is 10.2. The summed E-state index contributed by atoms with van der Waals surface area (Å²) in [6.45, 7) is 7.94. The Kier molecular flexibility index (Phi) is 9.22. The van der Waals surface area contributed by atoms with Crippen molar-refractivity contribution < 1.29 is 14.3 Å². The Bertz CT molecular complexity index is 858. The van der Waals surface area contributed by atoms with Gasteiger partial charge >= 0.3 is 0 Å². The molecule has 1 N–H and O–H groups in total. The average Bonchev–Trinajstić information content (AvgIpc) is 2.74. The van der Waals surface area contributed by atoms with Crippen molar-refractivity contribution in [2.45, 2.75) is 27.2 Å². The van der Waals surface area contributed by atoms with E-state index in [1.165, 1.54) is 6.92 Å². The summed E-state index contributed by atoms with van der Waals surface area (Å²) in [7, 11) is 1.64. The van der Waals surface area contributed by atoms with E-state index in [4.69, 9.17) is 4.74 Å². The predicted octanol–water partition coefficient (Wildman–Crippen LogP) is 3.16. The first-order valence-corrected chi connectivity index (χ1v) is 10.2. The monoisotopic (exact) mass is 409 g/mol. The van der Waals surface area contributed by atoms with Gasteiger partial charge in [-0.2, -0.15) is 0 Å². The van der Waals surface area contributed by atoms with Gasteiger partial charge < -0.3 is 15.0 Å². The molecule has 0 aromatic heterocycles. The third-order valence-electron chi connectivity index (χ3n) is 4.76. The van der Waals surface area contributed by atoms with Crippen molar-refractivity contribution in [2.24, 2.45) is 4.99 Å². The van der Waals surface area contributed by atoms with Gasteiger partial charge in [-0.15, -0.1) is 0 Å². The zero-order chi connectivity index (χ0) is 21.9. The van der Waals surface area contributed by atoms with Crippen LogP contribution in [0.2, 0.25) is 0 Å². The second-order valence-electron chi connectivity index (χ2n) is 7.09. The largest absolute Gasteiger partial charge is 0.378 e. The number of allylic oxidation sites excluding steroid dienone is 5. The molecule has 0 bridgehead atoms. The van der Waals surface area contributed by atoms with Crippen LogP contribution < -0.4 is 5.32 Å². The average molecular weight is 410 g/mol. The zero-order valence-electron chi connectivity index (χ0n) is 18.3. The van der Waals surface area contributed by atoms with Crippen molar-refractivity contribution in [2.75, 3.05) is 33.4 Å². The van der Waals surface area contributed by atoms with Crippen LogP contribution in [0.5, 0.6) is 0 Å². The second kappa shape index (κ2) is 11.9. The normalized spacial score (nSPS) is 16.1. The molecule has 0 unspecified atom stereocenters. The maximum atomic E-state index is 12.5. The molecule has 1 heterocycles. The molecule has 160 valence electrons. The standard InChI is InChI=1S/C24H31N3O3/c1-5-6-7-22(18(2)16-23(25-4)26-19(3)28)21-10-8-20(9-11-21)17-24(29)27-12-14-30-15-13-27/h5-11,16H,12-15,17H2,1-4H3,(H,25,26,28). The van der Waals surface area contributed by atoms with Gasteiger partial charge in [0.1, 0.15) is 5.84 Å². The maximum Gasteiger partial charge on any atom is 0.227 e. The van der Waals surface area contributed by atoms with Gasteiger partial charge in [0.25, 0.3) is 0 Å². The van der Waals surface area contributed by atoms with E-state index >= 15 is 0 Å². The van der Waals surface area contributed by atoms with Gasteiger partial charge in [0.15, 0.2) is 0 Å². The lowest BCUT2D eigenvalue weighted by Crippen LogP contribution is -2.41. The summed E-state index contributed by atoms with van der Waals surface area (Å²) in [6.07, 6.45) is 8.21. The molecular weight excluding hydrogens is 378 g/mol. The molecule has 1 saturated heterocycles. The van der Waals surface area contributed by atoms with Crippen molar-refractivity contribution in [3.8, 4) is 0 Å². The molecule has 0 saturated carbocycles. The number of carbonyl (C=O) groups is 2. The minimum Gasteiger partial charge on any atom is -0.378 e. The lowest BCUT2D eigenvalue weighted by molar-refractivity contribution is -0.134. The summed E-state index contributed by atoms with van der Waals surface area (Å²) in [5.74, 6) is 0.484. The lowest BCUT2D eigenvalue weighted by atomic mass is 9.96. The van der Waals surface area contributed by atoms with Gasteiger partial charge in [0, 0.05) is 27.1 Å². The van der Waals surface area contributed by atoms with Gasteiger partial charge in [-0.25, -0.2) is 0 Å². The molecule has 0 spiro atoms. The number of aliphatic imine (C=N–C) groups is 1. The molecule has 1 aliphatic heterocycles. The van der Waals surface area contributed by atoms with Crippen LogP contribution in [0.25, 0.3) is 5.57 Å². The van der Waals surface area contributed by atoms with E-state index in [0.29, 0.717) is 38.6 Å². The van der Waals surface area contributed by atoms with Gasteiger partial charge in [0.05, 0.1) is 19.6 Å². The van der Waals surface area contributed by atoms with E-state index in [-0.39, 0.29) is 11.8 Å². The van der Waals surface area contributed by atoms with Crippen molar-refractivity contribution in [3.05, 3.63) is 65.3 Å². The first kappa shape index (κ1) is 23.3. The Morgan fingerprint density at radius 3 is 2.40 bits per heavy atom. The molecule has 6 nitrogen and oxygen atoms in total. The van der Waals surface area contributed by atoms with Gasteiger partial charge in [-0.05, 0) is 42.2 Å². The third kappa shape index (κ3) is 7.12. The molecule has 0 radical (unpaired) electrons. The topological polar surface area (TPSA) is 71.0 Å². The molecule has 6 heteroatoms. The first-order chi connectivity index (χ1) is 14.4. The number of morpholine rings is 1. The number of nitrogens with one attached hydrogen (secondary N) is 1. The number of rotatable bonds is 6. The molecule has 2 amide bonds. The second-order valence-corrected chi connectivity index (χ2v) is 7.09. The highest BCUT2D eigenvalue weighted by molar-refractivity contribution is 6.05. The number of carbonyl (C=O) groups excluding carboxylic acids is 2. The van der Waals surface area contributed by atoms with E-state index in [1.54, 1.807) is 7.05 Å². The fourth-order valence-corrected chi connectivity index (χ4v) is 3.17. The van der Waals surface area contributed by atoms with E-state index in [9.17, 15) is 9.59 Å². The summed E-state index contributed by atoms with van der Waals surface area (Å²) >= 11 is 0. The molecule has 30 heavy (non-hydrogen) atoms. The maximum absolute atomic E-state index is 12.5. The van der Waals surface area contributed by atoms with Crippen LogP contribution in [0, 0.1) is 0 Å². The highest BCUT2D eigenvalue weighted by Gasteiger charge is 2.17. The van der Waals surface area contributed by atoms with E-state index in [0.717, 1.165) is 22.3 Å². The van der Waals surface area contributed by atoms with E-state index in [2.05, 4.69) is 10.3 Å². The Balaban J connectivity index is 2.19. The van der Waals surface area contributed by atoms with Crippen LogP contribution in [-0.4, -0.2) is 55.9 Å². The summed E-state index contributed by atoms with van der Waals surface area (Å²) in [6, 6.07) is 8.03. The summed E-state index contributed by atoms with van der Waals surface area (Å²) < 4.78 is 5.31. The lowest BCUT2D eigenvalue weighted by Gasteiger charge is -2.26. The Hall–Kier alpha value is -2.99. The smallest absolute Gasteiger partial charge is 0.227 e. The van der Waals surface area contributed by atoms with Gasteiger partial charge in [-0.1, -0.05) is 42.5 Å². The van der Waals surface area contributed by atoms with Crippen molar-refractivity contribution in [3.63, 3.8) is 0 Å². The van der Waals surface area contributed by atoms with Crippen molar-refractivity contribution in [1.82, 2.24) is 10.2 Å². The Morgan fingerprint density at radius 2 is 1.83 bits per heavy atom. The molecule has 0 atom stereocenters. The van der Waals surface area contributed by atoms with Gasteiger partial charge in [0.2, 0.25) is 11.8 Å². The third-order valence-corrected chi connectivity index (χ3v) is 4.76. The fourth-order valence-electron chi connectivity index (χ4n) is 3.17. The molecular formula is C24H31N3O3. The summed E-state index contributed by atoms with van der Waals surface area (Å²) in [5.41, 5.74) is 4.00. The number of amidine groups is 1. The molecule has 1 fully saturated rings. The molecule has 0 aliphatic carbocycles. The summed E-state index contributed by atoms with van der Waals surface area (Å²) in [4.78, 5) is 29.8. The van der Waals surface area contributed by atoms with Crippen LogP contribution in [0.15, 0.2) is 59.1 Å². The minimum atomic E-state index is -0.159. The van der Waals surface area contributed by atoms with E-state index < -0.39 is 0 Å². The number of ether oxygens (including phenoxy) is 1. The van der Waals surface area contributed by atoms with Crippen LogP contribution in [0.3, 0.4) is 0 Å². The van der Waals surface area contributed by atoms with Crippen LogP contribution in [-0.2, 0) is 20.7 Å². The Morgan fingerprint density at radius 1 is 1.17 bits per heavy atom. The molecule has 1 aliphatic rings. The van der Waals surface area contributed by atoms with Crippen molar-refractivity contribution >= 4 is 23.2 Å². The van der Waals surface area contributed by atoms with Crippen LogP contribution >= 0.6 is 0 Å². The predicted molar refractivity (Wildman–Crippen MR) is 121 cm³/mol. The fraction of sp³-hybridized carbons (Fsp3) is 0.375. The molecule has 2 rings (SSSR count). The number of benzene rings is 1. The number of hydrogen-bond donors (Lipinski definition) is 1. The highest BCUT2D eigenvalue weighted by Crippen LogP contribution is 2.24. The number of hydrogen-bond acceptors (Lipinski definition) is 4. The zero-order valence-corrected chi connectivity index (χ0v) is 18.3. The quantitative estimate of drug-likeness (QED) is 0.446. The highest BCUT2D eigenvalue weighted by atomic mass is 16.5. The number of amides is 2. The van der Waals surface area contributed by atoms with E-state index in [1.807, 2.05) is 67.3 Å². The van der Waals surface area contributed by atoms with Crippen LogP contribution in [0.4, 0.5) is 0 Å². The Labute approximate surface area is 179 Å². The van der Waals surface area contributed by atoms with Crippen molar-refractivity contribution in [1.29, 1.82) is 0 Å². The molecule has 1 aromatic carbocycles. The SMILES string of the molecule is CC=CC=C(C(C)=CC(=NC)NC(C)=O)c1ccc(CC(=O)N2CCOCC2)cc1.